The van der Waals surface area contributed by atoms with E-state index >= 15 is 0 Å². The average Bonchev–Trinajstić information content (AvgIpc) is 2.82. The Bertz CT molecular complexity index is 504. The molecule has 1 aromatic carbocycles. The van der Waals surface area contributed by atoms with Crippen molar-refractivity contribution in [3.8, 4) is 0 Å². The van der Waals surface area contributed by atoms with Gasteiger partial charge in [-0.25, -0.2) is 13.1 Å². The number of hydrogen-bond donors (Lipinski definition) is 2. The Morgan fingerprint density at radius 1 is 1.42 bits per heavy atom. The third-order valence-corrected chi connectivity index (χ3v) is 5.07. The van der Waals surface area contributed by atoms with Gasteiger partial charge in [0.1, 0.15) is 0 Å². The summed E-state index contributed by atoms with van der Waals surface area (Å²) in [6, 6.07) is 6.74. The molecule has 0 aromatic heterocycles. The summed E-state index contributed by atoms with van der Waals surface area (Å²) in [6.07, 6.45) is 2.03. The largest absolute Gasteiger partial charge is 0.316 e. The number of benzene rings is 1. The Kier molecular flexibility index (Phi) is 6.76. The first-order valence-electron chi connectivity index (χ1n) is 6.04. The minimum absolute atomic E-state index is 0. The molecule has 1 aliphatic rings. The lowest BCUT2D eigenvalue weighted by Gasteiger charge is -2.10. The van der Waals surface area contributed by atoms with E-state index in [1.807, 2.05) is 6.07 Å². The van der Waals surface area contributed by atoms with Crippen molar-refractivity contribution in [2.24, 2.45) is 5.92 Å². The van der Waals surface area contributed by atoms with Crippen LogP contribution in [0.1, 0.15) is 12.8 Å². The summed E-state index contributed by atoms with van der Waals surface area (Å²) in [4.78, 5) is 0.307. The minimum Gasteiger partial charge on any atom is -0.316 e. The van der Waals surface area contributed by atoms with Gasteiger partial charge in [0.15, 0.2) is 0 Å². The molecular formula is C12H18BrClN2O2S. The number of nitrogens with one attached hydrogen (secondary N) is 2. The van der Waals surface area contributed by atoms with Crippen molar-refractivity contribution >= 4 is 38.4 Å². The molecule has 2 N–H and O–H groups in total. The monoisotopic (exact) mass is 368 g/mol. The van der Waals surface area contributed by atoms with Crippen molar-refractivity contribution in [2.75, 3.05) is 19.6 Å². The maximum atomic E-state index is 12.0. The van der Waals surface area contributed by atoms with Crippen LogP contribution in [0.15, 0.2) is 33.6 Å². The van der Waals surface area contributed by atoms with Gasteiger partial charge in [0.25, 0.3) is 0 Å². The van der Waals surface area contributed by atoms with Gasteiger partial charge in [0, 0.05) is 11.0 Å². The molecule has 0 amide bonds. The third-order valence-electron chi connectivity index (χ3n) is 3.11. The average molecular weight is 370 g/mol. The Labute approximate surface area is 128 Å². The van der Waals surface area contributed by atoms with E-state index in [-0.39, 0.29) is 12.4 Å². The van der Waals surface area contributed by atoms with Gasteiger partial charge < -0.3 is 5.32 Å². The van der Waals surface area contributed by atoms with Crippen LogP contribution in [-0.2, 0) is 10.0 Å². The highest BCUT2D eigenvalue weighted by Crippen LogP contribution is 2.16. The van der Waals surface area contributed by atoms with Crippen LogP contribution in [0.4, 0.5) is 0 Å². The Morgan fingerprint density at radius 3 is 2.84 bits per heavy atom. The molecule has 1 unspecified atom stereocenters. The number of hydrogen-bond acceptors (Lipinski definition) is 3. The van der Waals surface area contributed by atoms with E-state index in [2.05, 4.69) is 26.0 Å². The summed E-state index contributed by atoms with van der Waals surface area (Å²) in [5.41, 5.74) is 0. The van der Waals surface area contributed by atoms with Crippen LogP contribution in [0.2, 0.25) is 0 Å². The summed E-state index contributed by atoms with van der Waals surface area (Å²) in [7, 11) is -3.37. The fourth-order valence-corrected chi connectivity index (χ4v) is 3.72. The zero-order valence-corrected chi connectivity index (χ0v) is 13.7. The van der Waals surface area contributed by atoms with Crippen molar-refractivity contribution < 1.29 is 8.42 Å². The molecule has 19 heavy (non-hydrogen) atoms. The zero-order chi connectivity index (χ0) is 13.0. The molecule has 0 radical (unpaired) electrons. The fraction of sp³-hybridized carbons (Fsp3) is 0.500. The van der Waals surface area contributed by atoms with Gasteiger partial charge in [-0.2, -0.15) is 0 Å². The van der Waals surface area contributed by atoms with Gasteiger partial charge in [-0.1, -0.05) is 22.0 Å². The first kappa shape index (κ1) is 16.9. The van der Waals surface area contributed by atoms with Crippen molar-refractivity contribution in [2.45, 2.75) is 17.7 Å². The predicted octanol–water partition coefficient (Wildman–Crippen LogP) is 2.15. The minimum atomic E-state index is -3.37. The number of sulfonamides is 1. The Balaban J connectivity index is 0.00000180. The standard InChI is InChI=1S/C12H17BrN2O2S.ClH/c13-11-2-1-3-12(8-11)18(16,17)15-7-5-10-4-6-14-9-10;/h1-3,8,10,14-15H,4-7,9H2;1H. The SMILES string of the molecule is Cl.O=S(=O)(NCCC1CCNC1)c1cccc(Br)c1. The number of halogens is 2. The van der Waals surface area contributed by atoms with Crippen LogP contribution in [0.5, 0.6) is 0 Å². The van der Waals surface area contributed by atoms with Crippen LogP contribution >= 0.6 is 28.3 Å². The molecule has 7 heteroatoms. The van der Waals surface area contributed by atoms with Crippen molar-refractivity contribution in [3.05, 3.63) is 28.7 Å². The fourth-order valence-electron chi connectivity index (χ4n) is 2.08. The van der Waals surface area contributed by atoms with E-state index in [4.69, 9.17) is 0 Å². The van der Waals surface area contributed by atoms with E-state index in [0.29, 0.717) is 17.4 Å². The van der Waals surface area contributed by atoms with Crippen LogP contribution in [-0.4, -0.2) is 28.1 Å². The number of rotatable bonds is 5. The highest BCUT2D eigenvalue weighted by molar-refractivity contribution is 9.10. The van der Waals surface area contributed by atoms with Crippen LogP contribution in [0.3, 0.4) is 0 Å². The molecule has 1 atom stereocenters. The quantitative estimate of drug-likeness (QED) is 0.836. The first-order valence-corrected chi connectivity index (χ1v) is 8.31. The molecule has 1 aromatic rings. The molecule has 0 bridgehead atoms. The summed E-state index contributed by atoms with van der Waals surface area (Å²) in [5.74, 6) is 0.593. The second-order valence-electron chi connectivity index (χ2n) is 4.50. The first-order chi connectivity index (χ1) is 8.58. The Hall–Kier alpha value is -0.140. The van der Waals surface area contributed by atoms with E-state index in [0.717, 1.165) is 30.4 Å². The molecule has 108 valence electrons. The second-order valence-corrected chi connectivity index (χ2v) is 7.19. The zero-order valence-electron chi connectivity index (χ0n) is 10.4. The maximum absolute atomic E-state index is 12.0. The predicted molar refractivity (Wildman–Crippen MR) is 82.2 cm³/mol. The molecule has 0 saturated carbocycles. The van der Waals surface area contributed by atoms with Crippen molar-refractivity contribution in [3.63, 3.8) is 0 Å². The van der Waals surface area contributed by atoms with E-state index < -0.39 is 10.0 Å². The molecule has 1 aliphatic heterocycles. The Morgan fingerprint density at radius 2 is 2.21 bits per heavy atom. The highest BCUT2D eigenvalue weighted by Gasteiger charge is 2.17. The molecule has 4 nitrogen and oxygen atoms in total. The van der Waals surface area contributed by atoms with Gasteiger partial charge in [0.2, 0.25) is 10.0 Å². The third kappa shape index (κ3) is 5.04. The van der Waals surface area contributed by atoms with Gasteiger partial charge in [-0.3, -0.25) is 0 Å². The smallest absolute Gasteiger partial charge is 0.240 e. The molecule has 0 spiro atoms. The van der Waals surface area contributed by atoms with Crippen LogP contribution < -0.4 is 10.0 Å². The van der Waals surface area contributed by atoms with Gasteiger partial charge in [0.05, 0.1) is 4.90 Å². The summed E-state index contributed by atoms with van der Waals surface area (Å²) >= 11 is 3.28. The van der Waals surface area contributed by atoms with Crippen LogP contribution in [0, 0.1) is 5.92 Å². The maximum Gasteiger partial charge on any atom is 0.240 e. The molecule has 0 aliphatic carbocycles. The second kappa shape index (κ2) is 7.59. The highest BCUT2D eigenvalue weighted by atomic mass is 79.9. The van der Waals surface area contributed by atoms with E-state index in [9.17, 15) is 8.42 Å². The molecule has 1 fully saturated rings. The van der Waals surface area contributed by atoms with Gasteiger partial charge >= 0.3 is 0 Å². The van der Waals surface area contributed by atoms with E-state index in [1.54, 1.807) is 18.2 Å². The van der Waals surface area contributed by atoms with Crippen molar-refractivity contribution in [1.29, 1.82) is 0 Å². The molecule has 2 rings (SSSR count). The van der Waals surface area contributed by atoms with E-state index in [1.165, 1.54) is 0 Å². The van der Waals surface area contributed by atoms with Gasteiger partial charge in [-0.15, -0.1) is 12.4 Å². The lowest BCUT2D eigenvalue weighted by Crippen LogP contribution is -2.26. The molecule has 1 heterocycles. The van der Waals surface area contributed by atoms with Crippen molar-refractivity contribution in [1.82, 2.24) is 10.0 Å². The lowest BCUT2D eigenvalue weighted by molar-refractivity contribution is 0.519. The van der Waals surface area contributed by atoms with Gasteiger partial charge in [-0.05, 0) is 50.0 Å². The summed E-state index contributed by atoms with van der Waals surface area (Å²) < 4.78 is 27.4. The van der Waals surface area contributed by atoms with Crippen LogP contribution in [0.25, 0.3) is 0 Å². The molecular weight excluding hydrogens is 352 g/mol. The normalized spacial score (nSPS) is 19.1. The topological polar surface area (TPSA) is 58.2 Å². The lowest BCUT2D eigenvalue weighted by atomic mass is 10.1. The molecule has 1 saturated heterocycles. The summed E-state index contributed by atoms with van der Waals surface area (Å²) in [5, 5.41) is 3.28. The summed E-state index contributed by atoms with van der Waals surface area (Å²) in [6.45, 7) is 2.54.